The van der Waals surface area contributed by atoms with Crippen molar-refractivity contribution in [3.05, 3.63) is 46.2 Å². The van der Waals surface area contributed by atoms with E-state index in [0.717, 1.165) is 33.2 Å². The van der Waals surface area contributed by atoms with Crippen molar-refractivity contribution in [3.8, 4) is 17.1 Å². The van der Waals surface area contributed by atoms with Crippen molar-refractivity contribution in [1.29, 1.82) is 0 Å². The molecule has 3 heterocycles. The van der Waals surface area contributed by atoms with Gasteiger partial charge in [0.25, 0.3) is 0 Å². The summed E-state index contributed by atoms with van der Waals surface area (Å²) in [6, 6.07) is 6.37. The van der Waals surface area contributed by atoms with E-state index in [9.17, 15) is 0 Å². The van der Waals surface area contributed by atoms with Crippen LogP contribution in [0.25, 0.3) is 17.1 Å². The molecule has 0 spiro atoms. The minimum Gasteiger partial charge on any atom is -0.300 e. The van der Waals surface area contributed by atoms with E-state index >= 15 is 0 Å². The molecule has 2 aromatic heterocycles. The van der Waals surface area contributed by atoms with E-state index in [0.29, 0.717) is 6.54 Å². The van der Waals surface area contributed by atoms with Crippen LogP contribution < -0.4 is 0 Å². The minimum atomic E-state index is 0.711. The van der Waals surface area contributed by atoms with E-state index in [1.807, 2.05) is 13.3 Å². The molecule has 1 aromatic carbocycles. The van der Waals surface area contributed by atoms with Crippen molar-refractivity contribution < 1.29 is 0 Å². The van der Waals surface area contributed by atoms with Crippen LogP contribution in [0.1, 0.15) is 17.0 Å². The molecule has 5 nitrogen and oxygen atoms in total. The van der Waals surface area contributed by atoms with E-state index in [-0.39, 0.29) is 0 Å². The summed E-state index contributed by atoms with van der Waals surface area (Å²) in [6.07, 6.45) is 1.88. The van der Waals surface area contributed by atoms with Gasteiger partial charge in [0.05, 0.1) is 29.9 Å². The highest BCUT2D eigenvalue weighted by Gasteiger charge is 2.23. The van der Waals surface area contributed by atoms with Gasteiger partial charge in [0.15, 0.2) is 5.82 Å². The molecule has 0 atom stereocenters. The van der Waals surface area contributed by atoms with E-state index in [1.54, 1.807) is 0 Å². The number of rotatable bonds is 0. The summed E-state index contributed by atoms with van der Waals surface area (Å²) in [5.74, 6) is 0.888. The van der Waals surface area contributed by atoms with Gasteiger partial charge < -0.3 is 4.57 Å². The fraction of sp³-hybridized carbons (Fsp3) is 0.214. The Bertz CT molecular complexity index is 830. The number of imidazole rings is 1. The number of aryl methyl sites for hydroxylation is 2. The molecule has 20 heavy (non-hydrogen) atoms. The Morgan fingerprint density at radius 1 is 1.20 bits per heavy atom. The zero-order chi connectivity index (χ0) is 13.9. The number of nitrogens with zero attached hydrogens (tertiary/aromatic N) is 5. The van der Waals surface area contributed by atoms with E-state index in [1.165, 1.54) is 5.56 Å². The highest BCUT2D eigenvalue weighted by atomic mass is 79.9. The maximum Gasteiger partial charge on any atom is 0.200 e. The van der Waals surface area contributed by atoms with Crippen LogP contribution in [0.4, 0.5) is 0 Å². The minimum absolute atomic E-state index is 0.711. The lowest BCUT2D eigenvalue weighted by atomic mass is 10.1. The van der Waals surface area contributed by atoms with Crippen molar-refractivity contribution in [3.63, 3.8) is 0 Å². The first-order chi connectivity index (χ1) is 9.65. The third-order valence-corrected chi connectivity index (χ3v) is 4.33. The van der Waals surface area contributed by atoms with Gasteiger partial charge in [-0.1, -0.05) is 11.6 Å². The lowest BCUT2D eigenvalue weighted by Gasteiger charge is -2.08. The van der Waals surface area contributed by atoms with Crippen LogP contribution in [0, 0.1) is 13.8 Å². The summed E-state index contributed by atoms with van der Waals surface area (Å²) in [6.45, 7) is 4.83. The molecular formula is C14H12BrN5. The van der Waals surface area contributed by atoms with Gasteiger partial charge in [-0.2, -0.15) is 0 Å². The van der Waals surface area contributed by atoms with Crippen LogP contribution in [0.5, 0.6) is 0 Å². The first-order valence-electron chi connectivity index (χ1n) is 6.38. The first kappa shape index (κ1) is 11.8. The topological polar surface area (TPSA) is 48.5 Å². The molecule has 4 rings (SSSR count). The van der Waals surface area contributed by atoms with Crippen molar-refractivity contribution in [2.75, 3.05) is 0 Å². The normalized spacial score (nSPS) is 12.6. The van der Waals surface area contributed by atoms with E-state index < -0.39 is 0 Å². The van der Waals surface area contributed by atoms with Crippen LogP contribution in [0.15, 0.2) is 29.3 Å². The predicted molar refractivity (Wildman–Crippen MR) is 78.9 cm³/mol. The zero-order valence-electron chi connectivity index (χ0n) is 11.1. The number of benzene rings is 1. The van der Waals surface area contributed by atoms with Gasteiger partial charge in [0.2, 0.25) is 4.73 Å². The smallest absolute Gasteiger partial charge is 0.200 e. The lowest BCUT2D eigenvalue weighted by Crippen LogP contribution is -2.04. The fourth-order valence-electron chi connectivity index (χ4n) is 2.67. The molecule has 0 saturated carbocycles. The number of fused-ring (bicyclic) bond motifs is 5. The number of halogens is 1. The molecule has 0 unspecified atom stereocenters. The Morgan fingerprint density at radius 2 is 2.05 bits per heavy atom. The summed E-state index contributed by atoms with van der Waals surface area (Å²) in [5, 5.41) is 8.48. The van der Waals surface area contributed by atoms with Crippen LogP contribution in [-0.2, 0) is 6.54 Å². The second-order valence-corrected chi connectivity index (χ2v) is 5.76. The third-order valence-electron chi connectivity index (χ3n) is 3.74. The summed E-state index contributed by atoms with van der Waals surface area (Å²) < 4.78 is 4.96. The second-order valence-electron chi connectivity index (χ2n) is 5.05. The molecule has 1 aliphatic rings. The van der Waals surface area contributed by atoms with Crippen LogP contribution in [0.3, 0.4) is 0 Å². The molecule has 0 bridgehead atoms. The largest absolute Gasteiger partial charge is 0.300 e. The molecule has 0 radical (unpaired) electrons. The SMILES string of the molecule is Cc1ccc2c(c1)-c1nnc(Br)n1Cc1c(C)ncn1-2. The summed E-state index contributed by atoms with van der Waals surface area (Å²) >= 11 is 3.48. The summed E-state index contributed by atoms with van der Waals surface area (Å²) in [4.78, 5) is 4.44. The summed E-state index contributed by atoms with van der Waals surface area (Å²) in [5.41, 5.74) is 5.58. The van der Waals surface area contributed by atoms with E-state index in [2.05, 4.69) is 65.4 Å². The Labute approximate surface area is 124 Å². The third kappa shape index (κ3) is 1.51. The van der Waals surface area contributed by atoms with Crippen LogP contribution >= 0.6 is 15.9 Å². The molecule has 0 N–H and O–H groups in total. The first-order valence-corrected chi connectivity index (χ1v) is 7.17. The molecule has 1 aliphatic heterocycles. The summed E-state index contributed by atoms with van der Waals surface area (Å²) in [7, 11) is 0. The van der Waals surface area contributed by atoms with Gasteiger partial charge in [-0.3, -0.25) is 4.57 Å². The van der Waals surface area contributed by atoms with Gasteiger partial charge in [0, 0.05) is 5.56 Å². The average Bonchev–Trinajstić information content (AvgIpc) is 2.92. The maximum absolute atomic E-state index is 4.44. The zero-order valence-corrected chi connectivity index (χ0v) is 12.7. The maximum atomic E-state index is 4.44. The van der Waals surface area contributed by atoms with Gasteiger partial charge in [-0.15, -0.1) is 10.2 Å². The monoisotopic (exact) mass is 329 g/mol. The van der Waals surface area contributed by atoms with Crippen molar-refractivity contribution in [1.82, 2.24) is 24.3 Å². The molecule has 0 fully saturated rings. The predicted octanol–water partition coefficient (Wildman–Crippen LogP) is 2.87. The van der Waals surface area contributed by atoms with Crippen LogP contribution in [0.2, 0.25) is 0 Å². The van der Waals surface area contributed by atoms with Gasteiger partial charge in [0.1, 0.15) is 0 Å². The fourth-order valence-corrected chi connectivity index (χ4v) is 3.05. The Hall–Kier alpha value is -1.95. The molecule has 0 saturated heterocycles. The van der Waals surface area contributed by atoms with Gasteiger partial charge >= 0.3 is 0 Å². The Morgan fingerprint density at radius 3 is 2.90 bits per heavy atom. The molecule has 0 aliphatic carbocycles. The average molecular weight is 330 g/mol. The second kappa shape index (κ2) is 4.02. The highest BCUT2D eigenvalue weighted by molar-refractivity contribution is 9.10. The number of hydrogen-bond acceptors (Lipinski definition) is 3. The standard InChI is InChI=1S/C14H12BrN5/c1-8-3-4-11-10(5-8)13-17-18-14(15)19(13)6-12-9(2)16-7-20(11)12/h3-5,7H,6H2,1-2H3. The van der Waals surface area contributed by atoms with Crippen molar-refractivity contribution >= 4 is 15.9 Å². The van der Waals surface area contributed by atoms with Crippen molar-refractivity contribution in [2.24, 2.45) is 0 Å². The molecule has 6 heteroatoms. The molecule has 100 valence electrons. The number of hydrogen-bond donors (Lipinski definition) is 0. The van der Waals surface area contributed by atoms with Gasteiger partial charge in [-0.25, -0.2) is 4.98 Å². The Balaban J connectivity index is 2.14. The highest BCUT2D eigenvalue weighted by Crippen LogP contribution is 2.33. The van der Waals surface area contributed by atoms with E-state index in [4.69, 9.17) is 0 Å². The van der Waals surface area contributed by atoms with Crippen LogP contribution in [-0.4, -0.2) is 24.3 Å². The molecule has 0 amide bonds. The molecule has 3 aromatic rings. The lowest BCUT2D eigenvalue weighted by molar-refractivity contribution is 0.748. The molecular weight excluding hydrogens is 318 g/mol. The van der Waals surface area contributed by atoms with Crippen molar-refractivity contribution in [2.45, 2.75) is 20.4 Å². The Kier molecular flexibility index (Phi) is 2.38. The number of aromatic nitrogens is 5. The van der Waals surface area contributed by atoms with Gasteiger partial charge in [-0.05, 0) is 41.9 Å². The quantitative estimate of drug-likeness (QED) is 0.498.